The molecule has 1 fully saturated rings. The fraction of sp³-hybridized carbons (Fsp3) is 0.556. The van der Waals surface area contributed by atoms with Gasteiger partial charge in [-0.1, -0.05) is 19.3 Å². The Morgan fingerprint density at radius 3 is 2.77 bits per heavy atom. The molecule has 0 heterocycles. The lowest BCUT2D eigenvalue weighted by molar-refractivity contribution is -0.124. The van der Waals surface area contributed by atoms with Crippen LogP contribution in [0.5, 0.6) is 5.75 Å². The number of carbonyl (C=O) groups excluding carboxylic acids is 2. The second-order valence-corrected chi connectivity index (χ2v) is 6.29. The van der Waals surface area contributed by atoms with Gasteiger partial charge in [0.05, 0.1) is 0 Å². The number of ketones is 1. The fourth-order valence-corrected chi connectivity index (χ4v) is 3.38. The largest absolute Gasteiger partial charge is 0.484 e. The van der Waals surface area contributed by atoms with Gasteiger partial charge in [0, 0.05) is 18.0 Å². The molecule has 22 heavy (non-hydrogen) atoms. The van der Waals surface area contributed by atoms with Crippen molar-refractivity contribution in [1.82, 2.24) is 5.32 Å². The maximum Gasteiger partial charge on any atom is 0.258 e. The molecule has 1 N–H and O–H groups in total. The molecule has 2 aliphatic rings. The van der Waals surface area contributed by atoms with E-state index in [0.717, 1.165) is 36.8 Å². The van der Waals surface area contributed by atoms with Crippen LogP contribution in [0.2, 0.25) is 0 Å². The Labute approximate surface area is 131 Å². The molecule has 1 aromatic carbocycles. The van der Waals surface area contributed by atoms with Crippen LogP contribution in [-0.4, -0.2) is 24.3 Å². The van der Waals surface area contributed by atoms with Crippen LogP contribution in [0.3, 0.4) is 0 Å². The summed E-state index contributed by atoms with van der Waals surface area (Å²) in [5.74, 6) is 0.829. The zero-order chi connectivity index (χ0) is 15.4. The molecule has 3 rings (SSSR count). The zero-order valence-electron chi connectivity index (χ0n) is 12.9. The van der Waals surface area contributed by atoms with E-state index in [9.17, 15) is 9.59 Å². The van der Waals surface area contributed by atoms with Crippen molar-refractivity contribution in [3.8, 4) is 5.75 Å². The predicted octanol–water partition coefficient (Wildman–Crippen LogP) is 3.03. The summed E-state index contributed by atoms with van der Waals surface area (Å²) in [4.78, 5) is 23.7. The van der Waals surface area contributed by atoms with Crippen LogP contribution in [0, 0.1) is 0 Å². The number of hydrogen-bond acceptors (Lipinski definition) is 3. The van der Waals surface area contributed by atoms with Crippen molar-refractivity contribution < 1.29 is 14.3 Å². The smallest absolute Gasteiger partial charge is 0.258 e. The molecule has 0 saturated heterocycles. The lowest BCUT2D eigenvalue weighted by atomic mass is 9.90. The molecule has 0 bridgehead atoms. The van der Waals surface area contributed by atoms with Crippen molar-refractivity contribution in [3.05, 3.63) is 29.3 Å². The number of rotatable bonds is 4. The number of hydrogen-bond donors (Lipinski definition) is 1. The molecule has 0 aromatic heterocycles. The molecule has 2 aliphatic carbocycles. The molecule has 4 nitrogen and oxygen atoms in total. The van der Waals surface area contributed by atoms with Crippen LogP contribution in [0.15, 0.2) is 18.2 Å². The van der Waals surface area contributed by atoms with Crippen LogP contribution in [-0.2, 0) is 11.2 Å². The van der Waals surface area contributed by atoms with E-state index in [-0.39, 0.29) is 18.3 Å². The number of fused-ring (bicyclic) bond motifs is 1. The molecule has 0 spiro atoms. The molecule has 0 atom stereocenters. The first kappa shape index (κ1) is 15.1. The van der Waals surface area contributed by atoms with Gasteiger partial charge in [-0.25, -0.2) is 0 Å². The van der Waals surface area contributed by atoms with E-state index in [2.05, 4.69) is 5.32 Å². The lowest BCUT2D eigenvalue weighted by Crippen LogP contribution is -2.38. The van der Waals surface area contributed by atoms with Crippen molar-refractivity contribution in [2.24, 2.45) is 0 Å². The maximum atomic E-state index is 11.9. The number of nitrogens with one attached hydrogen (secondary N) is 1. The van der Waals surface area contributed by atoms with Crippen molar-refractivity contribution in [3.63, 3.8) is 0 Å². The third-order valence-corrected chi connectivity index (χ3v) is 4.57. The van der Waals surface area contributed by atoms with Gasteiger partial charge in [-0.3, -0.25) is 9.59 Å². The van der Waals surface area contributed by atoms with Gasteiger partial charge in [0.15, 0.2) is 12.4 Å². The summed E-state index contributed by atoms with van der Waals surface area (Å²) in [6, 6.07) is 5.83. The lowest BCUT2D eigenvalue weighted by Gasteiger charge is -2.22. The molecular weight excluding hydrogens is 278 g/mol. The molecule has 118 valence electrons. The number of amides is 1. The van der Waals surface area contributed by atoms with E-state index in [1.54, 1.807) is 6.07 Å². The Bertz CT molecular complexity index is 561. The molecule has 1 aromatic rings. The first-order valence-corrected chi connectivity index (χ1v) is 8.30. The van der Waals surface area contributed by atoms with Gasteiger partial charge in [-0.2, -0.15) is 0 Å². The van der Waals surface area contributed by atoms with Gasteiger partial charge in [-0.15, -0.1) is 0 Å². The van der Waals surface area contributed by atoms with Crippen molar-refractivity contribution >= 4 is 11.7 Å². The highest BCUT2D eigenvalue weighted by molar-refractivity contribution is 5.98. The van der Waals surface area contributed by atoms with Crippen molar-refractivity contribution in [1.29, 1.82) is 0 Å². The minimum atomic E-state index is -0.0549. The first-order valence-electron chi connectivity index (χ1n) is 8.30. The summed E-state index contributed by atoms with van der Waals surface area (Å²) in [7, 11) is 0. The molecular formula is C18H23NO3. The summed E-state index contributed by atoms with van der Waals surface area (Å²) in [6.45, 7) is 0.0449. The number of Topliss-reactive ketones (excluding diaryl/α,β-unsaturated/α-hetero) is 1. The Morgan fingerprint density at radius 2 is 1.95 bits per heavy atom. The Morgan fingerprint density at radius 1 is 1.14 bits per heavy atom. The van der Waals surface area contributed by atoms with Gasteiger partial charge in [0.25, 0.3) is 5.91 Å². The van der Waals surface area contributed by atoms with E-state index < -0.39 is 0 Å². The normalized spacial score (nSPS) is 18.6. The SMILES string of the molecule is O=C(COc1ccc2c(c1)CCCC2=O)NC1CCCCC1. The summed E-state index contributed by atoms with van der Waals surface area (Å²) in [6.07, 6.45) is 8.27. The molecule has 0 radical (unpaired) electrons. The Hall–Kier alpha value is -1.84. The topological polar surface area (TPSA) is 55.4 Å². The molecule has 1 saturated carbocycles. The summed E-state index contributed by atoms with van der Waals surface area (Å²) in [5.41, 5.74) is 1.85. The number of benzene rings is 1. The average Bonchev–Trinajstić information content (AvgIpc) is 2.54. The third-order valence-electron chi connectivity index (χ3n) is 4.57. The highest BCUT2D eigenvalue weighted by atomic mass is 16.5. The molecule has 1 amide bonds. The highest BCUT2D eigenvalue weighted by Gasteiger charge is 2.18. The fourth-order valence-electron chi connectivity index (χ4n) is 3.38. The van der Waals surface area contributed by atoms with Gasteiger partial charge in [0.1, 0.15) is 5.75 Å². The molecule has 4 heteroatoms. The van der Waals surface area contributed by atoms with Crippen LogP contribution in [0.25, 0.3) is 0 Å². The minimum absolute atomic E-state index is 0.0449. The van der Waals surface area contributed by atoms with Gasteiger partial charge in [0.2, 0.25) is 0 Å². The highest BCUT2D eigenvalue weighted by Crippen LogP contribution is 2.25. The minimum Gasteiger partial charge on any atom is -0.484 e. The Balaban J connectivity index is 1.52. The van der Waals surface area contributed by atoms with Crippen LogP contribution >= 0.6 is 0 Å². The molecule has 0 aliphatic heterocycles. The monoisotopic (exact) mass is 301 g/mol. The van der Waals surface area contributed by atoms with Gasteiger partial charge < -0.3 is 10.1 Å². The van der Waals surface area contributed by atoms with E-state index in [1.807, 2.05) is 12.1 Å². The zero-order valence-corrected chi connectivity index (χ0v) is 12.9. The second-order valence-electron chi connectivity index (χ2n) is 6.29. The van der Waals surface area contributed by atoms with E-state index in [0.29, 0.717) is 18.2 Å². The molecule has 0 unspecified atom stereocenters. The number of carbonyl (C=O) groups is 2. The van der Waals surface area contributed by atoms with E-state index in [4.69, 9.17) is 4.74 Å². The summed E-state index contributed by atoms with van der Waals surface area (Å²) >= 11 is 0. The first-order chi connectivity index (χ1) is 10.7. The average molecular weight is 301 g/mol. The summed E-state index contributed by atoms with van der Waals surface area (Å²) < 4.78 is 5.59. The predicted molar refractivity (Wildman–Crippen MR) is 84.2 cm³/mol. The number of aryl methyl sites for hydroxylation is 1. The Kier molecular flexibility index (Phi) is 4.76. The number of ether oxygens (including phenoxy) is 1. The maximum absolute atomic E-state index is 11.9. The van der Waals surface area contributed by atoms with E-state index in [1.165, 1.54) is 19.3 Å². The standard InChI is InChI=1S/C18H23NO3/c20-17-8-4-5-13-11-15(9-10-16(13)17)22-12-18(21)19-14-6-2-1-3-7-14/h9-11,14H,1-8,12H2,(H,19,21). The van der Waals surface area contributed by atoms with Gasteiger partial charge >= 0.3 is 0 Å². The van der Waals surface area contributed by atoms with E-state index >= 15 is 0 Å². The summed E-state index contributed by atoms with van der Waals surface area (Å²) in [5, 5.41) is 3.04. The third kappa shape index (κ3) is 3.67. The van der Waals surface area contributed by atoms with Crippen molar-refractivity contribution in [2.75, 3.05) is 6.61 Å². The van der Waals surface area contributed by atoms with Crippen molar-refractivity contribution in [2.45, 2.75) is 57.4 Å². The quantitative estimate of drug-likeness (QED) is 0.930. The second kappa shape index (κ2) is 6.95. The van der Waals surface area contributed by atoms with Crippen LogP contribution in [0.1, 0.15) is 60.9 Å². The van der Waals surface area contributed by atoms with Gasteiger partial charge in [-0.05, 0) is 49.4 Å². The van der Waals surface area contributed by atoms with Crippen LogP contribution < -0.4 is 10.1 Å². The van der Waals surface area contributed by atoms with Crippen LogP contribution in [0.4, 0.5) is 0 Å².